The van der Waals surface area contributed by atoms with E-state index in [-0.39, 0.29) is 18.0 Å². The molecule has 1 heterocycles. The number of hydrogen-bond donors (Lipinski definition) is 1. The summed E-state index contributed by atoms with van der Waals surface area (Å²) >= 11 is 12.0. The SMILES string of the molecule is CC(C)(C)OC(=O)N1CCC(NC(=O)C=Cc2cc(Cl)ccc2Cl)CC1. The molecular formula is C19H24Cl2N2O3. The standard InChI is InChI=1S/C19H24Cl2N2O3/c1-19(2,3)26-18(25)23-10-8-15(9-11-23)22-17(24)7-4-13-12-14(20)5-6-16(13)21/h4-7,12,15H,8-11H2,1-3H3,(H,22,24). The molecule has 2 amide bonds. The number of carbonyl (C=O) groups is 2. The lowest BCUT2D eigenvalue weighted by molar-refractivity contribution is -0.117. The first-order chi connectivity index (χ1) is 12.1. The fourth-order valence-corrected chi connectivity index (χ4v) is 2.95. The molecule has 0 atom stereocenters. The topological polar surface area (TPSA) is 58.6 Å². The summed E-state index contributed by atoms with van der Waals surface area (Å²) in [6.45, 7) is 6.65. The van der Waals surface area contributed by atoms with Crippen LogP contribution in [0.15, 0.2) is 24.3 Å². The van der Waals surface area contributed by atoms with Crippen LogP contribution in [0, 0.1) is 0 Å². The highest BCUT2D eigenvalue weighted by Crippen LogP contribution is 2.22. The molecule has 26 heavy (non-hydrogen) atoms. The first kappa shape index (κ1) is 20.6. The Bertz CT molecular complexity index is 691. The van der Waals surface area contributed by atoms with Gasteiger partial charge >= 0.3 is 6.09 Å². The quantitative estimate of drug-likeness (QED) is 0.761. The predicted molar refractivity (Wildman–Crippen MR) is 104 cm³/mol. The van der Waals surface area contributed by atoms with Gasteiger partial charge < -0.3 is 15.0 Å². The van der Waals surface area contributed by atoms with Gasteiger partial charge in [-0.05, 0) is 63.5 Å². The Labute approximate surface area is 164 Å². The predicted octanol–water partition coefficient (Wildman–Crippen LogP) is 4.52. The molecule has 0 aromatic heterocycles. The van der Waals surface area contributed by atoms with E-state index in [1.807, 2.05) is 20.8 Å². The molecule has 2 rings (SSSR count). The van der Waals surface area contributed by atoms with Crippen LogP contribution in [0.4, 0.5) is 4.79 Å². The second-order valence-corrected chi connectivity index (χ2v) is 8.09. The van der Waals surface area contributed by atoms with Crippen LogP contribution in [0.2, 0.25) is 10.0 Å². The lowest BCUT2D eigenvalue weighted by Crippen LogP contribution is -2.47. The number of nitrogens with zero attached hydrogens (tertiary/aromatic N) is 1. The summed E-state index contributed by atoms with van der Waals surface area (Å²) < 4.78 is 5.37. The summed E-state index contributed by atoms with van der Waals surface area (Å²) in [5.41, 5.74) is 0.184. The number of ether oxygens (including phenoxy) is 1. The van der Waals surface area contributed by atoms with Gasteiger partial charge in [-0.25, -0.2) is 4.79 Å². The van der Waals surface area contributed by atoms with Crippen molar-refractivity contribution in [2.24, 2.45) is 0 Å². The molecule has 0 unspecified atom stereocenters. The van der Waals surface area contributed by atoms with E-state index in [1.165, 1.54) is 6.08 Å². The normalized spacial score (nSPS) is 16.0. The molecule has 1 aliphatic heterocycles. The summed E-state index contributed by atoms with van der Waals surface area (Å²) in [5.74, 6) is -0.197. The molecule has 142 valence electrons. The second-order valence-electron chi connectivity index (χ2n) is 7.25. The van der Waals surface area contributed by atoms with Crippen LogP contribution in [0.3, 0.4) is 0 Å². The van der Waals surface area contributed by atoms with Gasteiger partial charge in [-0.1, -0.05) is 23.2 Å². The Hall–Kier alpha value is -1.72. The van der Waals surface area contributed by atoms with Crippen molar-refractivity contribution in [1.29, 1.82) is 0 Å². The smallest absolute Gasteiger partial charge is 0.410 e. The molecule has 0 saturated carbocycles. The summed E-state index contributed by atoms with van der Waals surface area (Å²) in [4.78, 5) is 25.8. The van der Waals surface area contributed by atoms with E-state index in [2.05, 4.69) is 5.32 Å². The van der Waals surface area contributed by atoms with Crippen molar-refractivity contribution in [3.63, 3.8) is 0 Å². The first-order valence-electron chi connectivity index (χ1n) is 8.55. The average Bonchev–Trinajstić information content (AvgIpc) is 2.55. The number of likely N-dealkylation sites (tertiary alicyclic amines) is 1. The number of halogens is 2. The van der Waals surface area contributed by atoms with Crippen molar-refractivity contribution in [2.45, 2.75) is 45.3 Å². The Morgan fingerprint density at radius 1 is 1.23 bits per heavy atom. The van der Waals surface area contributed by atoms with Gasteiger partial charge in [0.05, 0.1) is 0 Å². The van der Waals surface area contributed by atoms with E-state index in [4.69, 9.17) is 27.9 Å². The molecule has 1 aromatic carbocycles. The molecule has 0 spiro atoms. The maximum absolute atomic E-state index is 12.1. The number of benzene rings is 1. The Balaban J connectivity index is 1.82. The molecule has 1 N–H and O–H groups in total. The van der Waals surface area contributed by atoms with Gasteiger partial charge in [0.1, 0.15) is 5.60 Å². The van der Waals surface area contributed by atoms with Gasteiger partial charge in [-0.15, -0.1) is 0 Å². The molecule has 0 aliphatic carbocycles. The minimum atomic E-state index is -0.505. The fraction of sp³-hybridized carbons (Fsp3) is 0.474. The second kappa shape index (κ2) is 8.78. The Kier molecular flexibility index (Phi) is 6.95. The van der Waals surface area contributed by atoms with Crippen molar-refractivity contribution in [2.75, 3.05) is 13.1 Å². The van der Waals surface area contributed by atoms with E-state index in [1.54, 1.807) is 29.2 Å². The van der Waals surface area contributed by atoms with Crippen LogP contribution in [-0.4, -0.2) is 41.6 Å². The highest BCUT2D eigenvalue weighted by Gasteiger charge is 2.27. The Morgan fingerprint density at radius 2 is 1.88 bits per heavy atom. The zero-order valence-corrected chi connectivity index (χ0v) is 16.7. The monoisotopic (exact) mass is 398 g/mol. The zero-order valence-electron chi connectivity index (χ0n) is 15.2. The number of rotatable bonds is 3. The zero-order chi connectivity index (χ0) is 19.3. The van der Waals surface area contributed by atoms with Crippen molar-refractivity contribution >= 4 is 41.3 Å². The van der Waals surface area contributed by atoms with E-state index < -0.39 is 5.60 Å². The van der Waals surface area contributed by atoms with Gasteiger partial charge in [-0.3, -0.25) is 4.79 Å². The van der Waals surface area contributed by atoms with Crippen molar-refractivity contribution < 1.29 is 14.3 Å². The first-order valence-corrected chi connectivity index (χ1v) is 9.31. The summed E-state index contributed by atoms with van der Waals surface area (Å²) in [5, 5.41) is 4.04. The number of hydrogen-bond acceptors (Lipinski definition) is 3. The van der Waals surface area contributed by atoms with Gasteiger partial charge in [0.2, 0.25) is 5.91 Å². The third-order valence-electron chi connectivity index (χ3n) is 3.87. The van der Waals surface area contributed by atoms with Crippen molar-refractivity contribution in [3.8, 4) is 0 Å². The number of nitrogens with one attached hydrogen (secondary N) is 1. The summed E-state index contributed by atoms with van der Waals surface area (Å²) in [7, 11) is 0. The molecule has 0 radical (unpaired) electrons. The van der Waals surface area contributed by atoms with Crippen molar-refractivity contribution in [3.05, 3.63) is 39.9 Å². The lowest BCUT2D eigenvalue weighted by Gasteiger charge is -2.33. The fourth-order valence-electron chi connectivity index (χ4n) is 2.59. The van der Waals surface area contributed by atoms with Crippen LogP contribution in [0.1, 0.15) is 39.2 Å². The van der Waals surface area contributed by atoms with Crippen LogP contribution >= 0.6 is 23.2 Å². The highest BCUT2D eigenvalue weighted by molar-refractivity contribution is 6.34. The molecular weight excluding hydrogens is 375 g/mol. The highest BCUT2D eigenvalue weighted by atomic mass is 35.5. The third kappa shape index (κ3) is 6.54. The number of amides is 2. The lowest BCUT2D eigenvalue weighted by atomic mass is 10.1. The number of carbonyl (C=O) groups excluding carboxylic acids is 2. The molecule has 5 nitrogen and oxygen atoms in total. The van der Waals surface area contributed by atoms with Crippen molar-refractivity contribution in [1.82, 2.24) is 10.2 Å². The van der Waals surface area contributed by atoms with Crippen LogP contribution < -0.4 is 5.32 Å². The van der Waals surface area contributed by atoms with Crippen LogP contribution in [-0.2, 0) is 9.53 Å². The van der Waals surface area contributed by atoms with E-state index in [0.717, 1.165) is 0 Å². The van der Waals surface area contributed by atoms with Gasteiger partial charge in [-0.2, -0.15) is 0 Å². The maximum atomic E-state index is 12.1. The summed E-state index contributed by atoms with van der Waals surface area (Å²) in [6.07, 6.45) is 4.16. The molecule has 1 saturated heterocycles. The van der Waals surface area contributed by atoms with Gasteiger partial charge in [0, 0.05) is 35.3 Å². The minimum Gasteiger partial charge on any atom is -0.444 e. The van der Waals surface area contributed by atoms with Crippen LogP contribution in [0.25, 0.3) is 6.08 Å². The molecule has 1 aliphatic rings. The Morgan fingerprint density at radius 3 is 2.50 bits per heavy atom. The molecule has 1 fully saturated rings. The van der Waals surface area contributed by atoms with Gasteiger partial charge in [0.15, 0.2) is 0 Å². The van der Waals surface area contributed by atoms with E-state index >= 15 is 0 Å². The van der Waals surface area contributed by atoms with E-state index in [9.17, 15) is 9.59 Å². The maximum Gasteiger partial charge on any atom is 0.410 e. The third-order valence-corrected chi connectivity index (χ3v) is 4.44. The number of piperidine rings is 1. The minimum absolute atomic E-state index is 0.0284. The molecule has 0 bridgehead atoms. The molecule has 7 heteroatoms. The van der Waals surface area contributed by atoms with Crippen LogP contribution in [0.5, 0.6) is 0 Å². The summed E-state index contributed by atoms with van der Waals surface area (Å²) in [6, 6.07) is 5.11. The average molecular weight is 399 g/mol. The van der Waals surface area contributed by atoms with Gasteiger partial charge in [0.25, 0.3) is 0 Å². The molecule has 1 aromatic rings. The van der Waals surface area contributed by atoms with E-state index in [0.29, 0.717) is 41.5 Å². The largest absolute Gasteiger partial charge is 0.444 e.